The van der Waals surface area contributed by atoms with Crippen molar-refractivity contribution in [1.29, 1.82) is 5.26 Å². The highest BCUT2D eigenvalue weighted by molar-refractivity contribution is 6.30. The maximum Gasteiger partial charge on any atom is 0.266 e. The largest absolute Gasteiger partial charge is 0.457 e. The normalized spacial score (nSPS) is 10.2. The van der Waals surface area contributed by atoms with Gasteiger partial charge in [-0.25, -0.2) is 0 Å². The summed E-state index contributed by atoms with van der Waals surface area (Å²) < 4.78 is 5.74. The molecule has 1 N–H and O–H groups in total. The maximum atomic E-state index is 11.9. The van der Waals surface area contributed by atoms with E-state index in [-0.39, 0.29) is 11.1 Å². The van der Waals surface area contributed by atoms with Crippen molar-refractivity contribution in [3.05, 3.63) is 81.2 Å². The van der Waals surface area contributed by atoms with Crippen LogP contribution >= 0.6 is 11.6 Å². The van der Waals surface area contributed by atoms with Crippen LogP contribution in [0.25, 0.3) is 11.1 Å². The Morgan fingerprint density at radius 2 is 1.62 bits per heavy atom. The third kappa shape index (κ3) is 3.32. The second kappa shape index (κ2) is 6.61. The number of aryl methyl sites for hydroxylation is 1. The molecule has 2 aromatic carbocycles. The van der Waals surface area contributed by atoms with Crippen LogP contribution in [0.3, 0.4) is 0 Å². The van der Waals surface area contributed by atoms with Gasteiger partial charge in [-0.3, -0.25) is 4.79 Å². The number of pyridine rings is 1. The van der Waals surface area contributed by atoms with Gasteiger partial charge in [0.05, 0.1) is 0 Å². The molecule has 118 valence electrons. The van der Waals surface area contributed by atoms with Crippen molar-refractivity contribution in [2.45, 2.75) is 6.92 Å². The lowest BCUT2D eigenvalue weighted by atomic mass is 10.0. The van der Waals surface area contributed by atoms with Gasteiger partial charge in [-0.05, 0) is 55.0 Å². The van der Waals surface area contributed by atoms with E-state index >= 15 is 0 Å². The van der Waals surface area contributed by atoms with Crippen molar-refractivity contribution in [1.82, 2.24) is 4.98 Å². The molecule has 0 aliphatic heterocycles. The Hall–Kier alpha value is -3.03. The summed E-state index contributed by atoms with van der Waals surface area (Å²) in [6.07, 6.45) is 0. The minimum Gasteiger partial charge on any atom is -0.457 e. The third-order valence-corrected chi connectivity index (χ3v) is 3.75. The first-order valence-corrected chi connectivity index (χ1v) is 7.62. The molecule has 4 nitrogen and oxygen atoms in total. The topological polar surface area (TPSA) is 65.9 Å². The van der Waals surface area contributed by atoms with E-state index in [1.165, 1.54) is 0 Å². The molecular formula is C19H13ClN2O2. The molecule has 0 fully saturated rings. The number of nitrogens with zero attached hydrogens (tertiary/aromatic N) is 1. The zero-order chi connectivity index (χ0) is 17.1. The first-order valence-electron chi connectivity index (χ1n) is 7.25. The van der Waals surface area contributed by atoms with Gasteiger partial charge in [0, 0.05) is 16.3 Å². The van der Waals surface area contributed by atoms with Gasteiger partial charge in [-0.2, -0.15) is 5.26 Å². The molecule has 0 radical (unpaired) electrons. The van der Waals surface area contributed by atoms with Crippen LogP contribution < -0.4 is 10.3 Å². The van der Waals surface area contributed by atoms with Gasteiger partial charge in [0.25, 0.3) is 5.56 Å². The van der Waals surface area contributed by atoms with Crippen LogP contribution in [-0.4, -0.2) is 4.98 Å². The number of rotatable bonds is 3. The van der Waals surface area contributed by atoms with Crippen molar-refractivity contribution >= 4 is 11.6 Å². The smallest absolute Gasteiger partial charge is 0.266 e. The van der Waals surface area contributed by atoms with Crippen LogP contribution in [0.4, 0.5) is 0 Å². The molecule has 1 heterocycles. The Kier molecular flexibility index (Phi) is 4.37. The molecule has 24 heavy (non-hydrogen) atoms. The monoisotopic (exact) mass is 336 g/mol. The quantitative estimate of drug-likeness (QED) is 0.756. The standard InChI is InChI=1S/C19H13ClN2O2/c1-12-10-17(18(11-21)19(23)22-12)13-2-6-15(7-3-13)24-16-8-4-14(20)5-9-16/h2-10H,1H3,(H,22,23). The molecule has 1 aromatic heterocycles. The summed E-state index contributed by atoms with van der Waals surface area (Å²) >= 11 is 5.85. The van der Waals surface area contributed by atoms with Crippen molar-refractivity contribution in [2.24, 2.45) is 0 Å². The Balaban J connectivity index is 1.92. The van der Waals surface area contributed by atoms with E-state index in [9.17, 15) is 10.1 Å². The number of ether oxygens (including phenoxy) is 1. The fourth-order valence-corrected chi connectivity index (χ4v) is 2.49. The number of aromatic nitrogens is 1. The third-order valence-electron chi connectivity index (χ3n) is 3.49. The summed E-state index contributed by atoms with van der Waals surface area (Å²) in [5.41, 5.74) is 1.82. The number of H-pyrrole nitrogens is 1. The number of hydrogen-bond donors (Lipinski definition) is 1. The highest BCUT2D eigenvalue weighted by atomic mass is 35.5. The molecule has 0 amide bonds. The van der Waals surface area contributed by atoms with E-state index in [2.05, 4.69) is 4.98 Å². The zero-order valence-corrected chi connectivity index (χ0v) is 13.6. The SMILES string of the molecule is Cc1cc(-c2ccc(Oc3ccc(Cl)cc3)cc2)c(C#N)c(=O)[nH]1. The summed E-state index contributed by atoms with van der Waals surface area (Å²) in [7, 11) is 0. The van der Waals surface area contributed by atoms with Gasteiger partial charge < -0.3 is 9.72 Å². The molecule has 0 spiro atoms. The van der Waals surface area contributed by atoms with E-state index < -0.39 is 0 Å². The van der Waals surface area contributed by atoms with E-state index in [0.717, 1.165) is 5.56 Å². The lowest BCUT2D eigenvalue weighted by molar-refractivity contribution is 0.483. The average Bonchev–Trinajstić information content (AvgIpc) is 2.57. The highest BCUT2D eigenvalue weighted by Gasteiger charge is 2.10. The van der Waals surface area contributed by atoms with E-state index in [1.807, 2.05) is 18.2 Å². The molecule has 0 atom stereocenters. The summed E-state index contributed by atoms with van der Waals surface area (Å²) in [6.45, 7) is 1.78. The number of aromatic amines is 1. The molecule has 0 aliphatic rings. The Bertz CT molecular complexity index is 968. The van der Waals surface area contributed by atoms with E-state index in [1.54, 1.807) is 49.4 Å². The van der Waals surface area contributed by atoms with Gasteiger partial charge in [-0.15, -0.1) is 0 Å². The van der Waals surface area contributed by atoms with E-state index in [0.29, 0.717) is 27.8 Å². The van der Waals surface area contributed by atoms with Gasteiger partial charge in [0.1, 0.15) is 23.1 Å². The maximum absolute atomic E-state index is 11.9. The lowest BCUT2D eigenvalue weighted by Gasteiger charge is -2.08. The zero-order valence-electron chi connectivity index (χ0n) is 12.8. The molecule has 5 heteroatoms. The van der Waals surface area contributed by atoms with Gasteiger partial charge >= 0.3 is 0 Å². The van der Waals surface area contributed by atoms with Crippen LogP contribution in [0.5, 0.6) is 11.5 Å². The van der Waals surface area contributed by atoms with Crippen LogP contribution in [0.2, 0.25) is 5.02 Å². The molecule has 3 rings (SSSR count). The summed E-state index contributed by atoms with van der Waals surface area (Å²) in [5.74, 6) is 1.33. The summed E-state index contributed by atoms with van der Waals surface area (Å²) in [6, 6.07) is 18.0. The van der Waals surface area contributed by atoms with Gasteiger partial charge in [0.15, 0.2) is 0 Å². The van der Waals surface area contributed by atoms with Crippen LogP contribution in [0.15, 0.2) is 59.4 Å². The predicted octanol–water partition coefficient (Wildman–Crippen LogP) is 4.67. The first kappa shape index (κ1) is 15.9. The fraction of sp³-hybridized carbons (Fsp3) is 0.0526. The number of halogens is 1. The van der Waals surface area contributed by atoms with Gasteiger partial charge in [0.2, 0.25) is 0 Å². The van der Waals surface area contributed by atoms with Gasteiger partial charge in [-0.1, -0.05) is 23.7 Å². The fourth-order valence-electron chi connectivity index (χ4n) is 2.37. The molecule has 0 bridgehead atoms. The summed E-state index contributed by atoms with van der Waals surface area (Å²) in [5, 5.41) is 9.86. The van der Waals surface area contributed by atoms with Crippen molar-refractivity contribution in [3.63, 3.8) is 0 Å². The lowest BCUT2D eigenvalue weighted by Crippen LogP contribution is -2.12. The average molecular weight is 337 g/mol. The molecule has 0 aliphatic carbocycles. The molecular weight excluding hydrogens is 324 g/mol. The minimum absolute atomic E-state index is 0.104. The molecule has 0 saturated heterocycles. The Morgan fingerprint density at radius 3 is 2.21 bits per heavy atom. The molecule has 0 unspecified atom stereocenters. The Labute approximate surface area is 143 Å². The number of nitriles is 1. The minimum atomic E-state index is -0.381. The highest BCUT2D eigenvalue weighted by Crippen LogP contribution is 2.27. The molecule has 3 aromatic rings. The number of hydrogen-bond acceptors (Lipinski definition) is 3. The second-order valence-corrected chi connectivity index (χ2v) is 5.70. The van der Waals surface area contributed by atoms with Crippen molar-refractivity contribution in [3.8, 4) is 28.7 Å². The van der Waals surface area contributed by atoms with E-state index in [4.69, 9.17) is 16.3 Å². The number of nitrogens with one attached hydrogen (secondary N) is 1. The van der Waals surface area contributed by atoms with Crippen LogP contribution in [0, 0.1) is 18.3 Å². The van der Waals surface area contributed by atoms with Crippen LogP contribution in [-0.2, 0) is 0 Å². The number of benzene rings is 2. The predicted molar refractivity (Wildman–Crippen MR) is 93.5 cm³/mol. The summed E-state index contributed by atoms with van der Waals surface area (Å²) in [4.78, 5) is 14.5. The second-order valence-electron chi connectivity index (χ2n) is 5.26. The van der Waals surface area contributed by atoms with Crippen LogP contribution in [0.1, 0.15) is 11.3 Å². The van der Waals surface area contributed by atoms with Crippen molar-refractivity contribution < 1.29 is 4.74 Å². The van der Waals surface area contributed by atoms with Crippen molar-refractivity contribution in [2.75, 3.05) is 0 Å². The first-order chi connectivity index (χ1) is 11.6. The Morgan fingerprint density at radius 1 is 1.04 bits per heavy atom. The molecule has 0 saturated carbocycles.